The summed E-state index contributed by atoms with van der Waals surface area (Å²) < 4.78 is 33.2. The molecule has 1 aliphatic rings. The molecule has 4 rings (SSSR count). The zero-order valence-electron chi connectivity index (χ0n) is 16.3. The number of hydrogen-bond donors (Lipinski definition) is 3. The van der Waals surface area contributed by atoms with E-state index in [0.717, 1.165) is 17.3 Å². The molecule has 0 saturated carbocycles. The number of nitrogens with one attached hydrogen (secondary N) is 2. The minimum Gasteiger partial charge on any atom is -0.508 e. The van der Waals surface area contributed by atoms with Crippen LogP contribution in [0.2, 0.25) is 0 Å². The number of ether oxygens (including phenoxy) is 1. The molecule has 0 spiro atoms. The Labute approximate surface area is 188 Å². The summed E-state index contributed by atoms with van der Waals surface area (Å²) in [6.07, 6.45) is 1.61. The Morgan fingerprint density at radius 2 is 1.47 bits per heavy atom. The lowest BCUT2D eigenvalue weighted by atomic mass is 10.2. The van der Waals surface area contributed by atoms with Crippen molar-refractivity contribution in [1.29, 1.82) is 0 Å². The molecule has 3 aromatic rings. The van der Waals surface area contributed by atoms with Crippen molar-refractivity contribution in [3.8, 4) is 17.2 Å². The quantitative estimate of drug-likeness (QED) is 0.364. The van der Waals surface area contributed by atoms with Gasteiger partial charge in [-0.15, -0.1) is 0 Å². The first-order valence-electron chi connectivity index (χ1n) is 9.23. The highest BCUT2D eigenvalue weighted by molar-refractivity contribution is 8.18. The van der Waals surface area contributed by atoms with Gasteiger partial charge in [-0.1, -0.05) is 12.1 Å². The maximum Gasteiger partial charge on any atom is 0.290 e. The van der Waals surface area contributed by atoms with Crippen LogP contribution in [-0.2, 0) is 14.8 Å². The lowest BCUT2D eigenvalue weighted by Crippen LogP contribution is -2.17. The van der Waals surface area contributed by atoms with Gasteiger partial charge in [-0.25, -0.2) is 8.42 Å². The highest BCUT2D eigenvalue weighted by atomic mass is 32.2. The lowest BCUT2D eigenvalue weighted by Gasteiger charge is -2.10. The number of thioether (sulfide) groups is 1. The molecule has 3 aromatic carbocycles. The van der Waals surface area contributed by atoms with E-state index in [9.17, 15) is 23.1 Å². The van der Waals surface area contributed by atoms with Gasteiger partial charge in [0.25, 0.3) is 21.2 Å². The average molecular weight is 469 g/mol. The number of aromatic hydroxyl groups is 1. The van der Waals surface area contributed by atoms with E-state index in [-0.39, 0.29) is 10.6 Å². The van der Waals surface area contributed by atoms with Crippen LogP contribution >= 0.6 is 11.8 Å². The summed E-state index contributed by atoms with van der Waals surface area (Å²) in [6, 6.07) is 18.5. The van der Waals surface area contributed by atoms with E-state index in [1.807, 2.05) is 0 Å². The summed E-state index contributed by atoms with van der Waals surface area (Å²) in [5.74, 6) is 0.577. The van der Waals surface area contributed by atoms with Crippen LogP contribution in [0.1, 0.15) is 5.56 Å². The molecule has 0 atom stereocenters. The molecule has 1 aliphatic heterocycles. The molecule has 0 radical (unpaired) electrons. The smallest absolute Gasteiger partial charge is 0.290 e. The predicted molar refractivity (Wildman–Crippen MR) is 121 cm³/mol. The van der Waals surface area contributed by atoms with Crippen molar-refractivity contribution >= 4 is 44.7 Å². The van der Waals surface area contributed by atoms with Crippen molar-refractivity contribution in [3.05, 3.63) is 83.3 Å². The molecule has 8 nitrogen and oxygen atoms in total. The number of rotatable bonds is 6. The SMILES string of the molecule is O=C1NC(=O)C(=Cc2ccc(Oc3ccc(S(=O)(=O)Nc4ccc(O)cc4)cc3)cc2)S1. The van der Waals surface area contributed by atoms with Gasteiger partial charge < -0.3 is 9.84 Å². The number of carbonyl (C=O) groups excluding carboxylic acids is 2. The van der Waals surface area contributed by atoms with Crippen LogP contribution in [0, 0.1) is 0 Å². The molecule has 0 bridgehead atoms. The first kappa shape index (κ1) is 21.5. The molecular formula is C22H16N2O6S2. The van der Waals surface area contributed by atoms with Crippen LogP contribution in [-0.4, -0.2) is 24.7 Å². The van der Waals surface area contributed by atoms with Gasteiger partial charge in [0, 0.05) is 5.69 Å². The van der Waals surface area contributed by atoms with Gasteiger partial charge in [-0.2, -0.15) is 0 Å². The lowest BCUT2D eigenvalue weighted by molar-refractivity contribution is -0.115. The Balaban J connectivity index is 1.42. The number of sulfonamides is 1. The summed E-state index contributed by atoms with van der Waals surface area (Å²) >= 11 is 0.844. The molecule has 1 saturated heterocycles. The number of carbonyl (C=O) groups is 2. The topological polar surface area (TPSA) is 122 Å². The van der Waals surface area contributed by atoms with Crippen molar-refractivity contribution in [2.45, 2.75) is 4.90 Å². The summed E-state index contributed by atoms with van der Waals surface area (Å²) in [6.45, 7) is 0. The summed E-state index contributed by atoms with van der Waals surface area (Å²) in [7, 11) is -3.79. The van der Waals surface area contributed by atoms with Crippen LogP contribution in [0.5, 0.6) is 17.2 Å². The van der Waals surface area contributed by atoms with Gasteiger partial charge in [-0.05, 0) is 84.1 Å². The van der Waals surface area contributed by atoms with Crippen LogP contribution in [0.3, 0.4) is 0 Å². The largest absolute Gasteiger partial charge is 0.508 e. The average Bonchev–Trinajstić information content (AvgIpc) is 3.08. The fraction of sp³-hybridized carbons (Fsp3) is 0. The molecule has 1 fully saturated rings. The van der Waals surface area contributed by atoms with E-state index in [2.05, 4.69) is 10.0 Å². The number of hydrogen-bond acceptors (Lipinski definition) is 7. The molecular weight excluding hydrogens is 452 g/mol. The molecule has 162 valence electrons. The third-order valence-electron chi connectivity index (χ3n) is 4.31. The van der Waals surface area contributed by atoms with Crippen molar-refractivity contribution in [3.63, 3.8) is 0 Å². The first-order chi connectivity index (χ1) is 15.3. The molecule has 3 N–H and O–H groups in total. The van der Waals surface area contributed by atoms with E-state index < -0.39 is 21.2 Å². The standard InChI is InChI=1S/C22H16N2O6S2/c25-16-5-3-15(4-6-16)24-32(28,29)19-11-9-18(10-12-19)30-17-7-1-14(2-8-17)13-20-21(26)23-22(27)31-20/h1-13,24-25H,(H,23,26,27). The number of phenolic OH excluding ortho intramolecular Hbond substituents is 1. The zero-order chi connectivity index (χ0) is 22.7. The van der Waals surface area contributed by atoms with E-state index in [1.165, 1.54) is 48.5 Å². The highest BCUT2D eigenvalue weighted by Gasteiger charge is 2.24. The summed E-state index contributed by atoms with van der Waals surface area (Å²) in [5.41, 5.74) is 1.06. The van der Waals surface area contributed by atoms with Crippen molar-refractivity contribution in [2.75, 3.05) is 4.72 Å². The second-order valence-electron chi connectivity index (χ2n) is 6.65. The van der Waals surface area contributed by atoms with Crippen molar-refractivity contribution in [2.24, 2.45) is 0 Å². The zero-order valence-corrected chi connectivity index (χ0v) is 17.9. The maximum absolute atomic E-state index is 12.5. The molecule has 10 heteroatoms. The van der Waals surface area contributed by atoms with E-state index in [0.29, 0.717) is 22.1 Å². The molecule has 2 amide bonds. The highest BCUT2D eigenvalue weighted by Crippen LogP contribution is 2.28. The minimum absolute atomic E-state index is 0.0390. The third-order valence-corrected chi connectivity index (χ3v) is 6.52. The van der Waals surface area contributed by atoms with Gasteiger partial charge in [0.05, 0.1) is 9.80 Å². The normalized spacial score (nSPS) is 14.9. The van der Waals surface area contributed by atoms with Crippen molar-refractivity contribution in [1.82, 2.24) is 5.32 Å². The van der Waals surface area contributed by atoms with Gasteiger partial charge in [0.1, 0.15) is 17.2 Å². The van der Waals surface area contributed by atoms with E-state index in [4.69, 9.17) is 4.74 Å². The van der Waals surface area contributed by atoms with Gasteiger partial charge in [0.2, 0.25) is 0 Å². The number of imide groups is 1. The molecule has 0 aliphatic carbocycles. The van der Waals surface area contributed by atoms with Crippen LogP contribution in [0.4, 0.5) is 10.5 Å². The Hall–Kier alpha value is -3.76. The monoisotopic (exact) mass is 468 g/mol. The molecule has 0 aromatic heterocycles. The van der Waals surface area contributed by atoms with Crippen LogP contribution in [0.25, 0.3) is 6.08 Å². The Bertz CT molecular complexity index is 1300. The maximum atomic E-state index is 12.5. The Morgan fingerprint density at radius 3 is 2.03 bits per heavy atom. The Morgan fingerprint density at radius 1 is 0.875 bits per heavy atom. The number of benzene rings is 3. The number of phenols is 1. The van der Waals surface area contributed by atoms with Gasteiger partial charge in [0.15, 0.2) is 0 Å². The fourth-order valence-electron chi connectivity index (χ4n) is 2.77. The van der Waals surface area contributed by atoms with Crippen LogP contribution in [0.15, 0.2) is 82.6 Å². The van der Waals surface area contributed by atoms with E-state index >= 15 is 0 Å². The van der Waals surface area contributed by atoms with Gasteiger partial charge >= 0.3 is 0 Å². The first-order valence-corrected chi connectivity index (χ1v) is 11.5. The Kier molecular flexibility index (Phi) is 5.89. The summed E-state index contributed by atoms with van der Waals surface area (Å²) in [4.78, 5) is 23.2. The van der Waals surface area contributed by atoms with Gasteiger partial charge in [-0.3, -0.25) is 19.6 Å². The van der Waals surface area contributed by atoms with Crippen molar-refractivity contribution < 1.29 is 27.9 Å². The minimum atomic E-state index is -3.79. The molecule has 1 heterocycles. The summed E-state index contributed by atoms with van der Waals surface area (Å²) in [5, 5.41) is 11.1. The fourth-order valence-corrected chi connectivity index (χ4v) is 4.51. The molecule has 32 heavy (non-hydrogen) atoms. The number of amides is 2. The second kappa shape index (κ2) is 8.77. The van der Waals surface area contributed by atoms with Crippen LogP contribution < -0.4 is 14.8 Å². The number of anilines is 1. The van der Waals surface area contributed by atoms with E-state index in [1.54, 1.807) is 30.3 Å². The second-order valence-corrected chi connectivity index (χ2v) is 9.34. The third kappa shape index (κ3) is 5.10. The molecule has 0 unspecified atom stereocenters. The predicted octanol–water partition coefficient (Wildman–Crippen LogP) is 4.31.